The molecule has 7 heteroatoms. The van der Waals surface area contributed by atoms with Crippen LogP contribution < -0.4 is 4.72 Å². The molecule has 0 saturated carbocycles. The molecule has 1 atom stereocenters. The molecule has 1 N–H and O–H groups in total. The summed E-state index contributed by atoms with van der Waals surface area (Å²) in [4.78, 5) is 19.1. The minimum atomic E-state index is -3.59. The molecule has 2 aliphatic rings. The van der Waals surface area contributed by atoms with E-state index in [1.165, 1.54) is 11.6 Å². The first kappa shape index (κ1) is 17.7. The lowest BCUT2D eigenvalue weighted by Crippen LogP contribution is -2.33. The van der Waals surface area contributed by atoms with Crippen LogP contribution in [0.3, 0.4) is 0 Å². The predicted octanol–water partition coefficient (Wildman–Crippen LogP) is 2.40. The highest BCUT2D eigenvalue weighted by Crippen LogP contribution is 2.32. The molecule has 2 heterocycles. The Labute approximate surface area is 159 Å². The molecule has 0 spiro atoms. The number of aliphatic imine (C=N–C) groups is 1. The molecule has 6 nitrogen and oxygen atoms in total. The molecule has 0 bridgehead atoms. The molecule has 0 radical (unpaired) electrons. The fourth-order valence-electron chi connectivity index (χ4n) is 3.69. The van der Waals surface area contributed by atoms with Crippen molar-refractivity contribution >= 4 is 21.8 Å². The second-order valence-electron chi connectivity index (χ2n) is 6.92. The molecule has 0 aliphatic carbocycles. The lowest BCUT2D eigenvalue weighted by Gasteiger charge is -2.24. The van der Waals surface area contributed by atoms with Crippen molar-refractivity contribution in [3.05, 3.63) is 65.2 Å². The maximum absolute atomic E-state index is 12.8. The summed E-state index contributed by atoms with van der Waals surface area (Å²) in [5.74, 6) is 0.152. The molecule has 2 aromatic rings. The minimum absolute atomic E-state index is 0.0610. The number of rotatable bonds is 3. The molecule has 0 unspecified atom stereocenters. The normalized spacial score (nSPS) is 21.9. The topological polar surface area (TPSA) is 78.8 Å². The Morgan fingerprint density at radius 3 is 2.70 bits per heavy atom. The minimum Gasteiger partial charge on any atom is -0.334 e. The third-order valence-electron chi connectivity index (χ3n) is 5.07. The summed E-state index contributed by atoms with van der Waals surface area (Å²) in [6, 6.07) is 15.0. The third kappa shape index (κ3) is 3.35. The molecule has 1 fully saturated rings. The van der Waals surface area contributed by atoms with E-state index in [9.17, 15) is 13.2 Å². The van der Waals surface area contributed by atoms with Gasteiger partial charge in [0.25, 0.3) is 10.0 Å². The summed E-state index contributed by atoms with van der Waals surface area (Å²) in [5.41, 5.74) is 2.83. The summed E-state index contributed by atoms with van der Waals surface area (Å²) < 4.78 is 26.7. The molecular formula is C20H21N3O3S. The maximum atomic E-state index is 12.8. The second-order valence-corrected chi connectivity index (χ2v) is 8.57. The van der Waals surface area contributed by atoms with Crippen molar-refractivity contribution in [3.63, 3.8) is 0 Å². The van der Waals surface area contributed by atoms with Gasteiger partial charge in [0.15, 0.2) is 0 Å². The fraction of sp³-hybridized carbons (Fsp3) is 0.300. The number of nitrogens with zero attached hydrogens (tertiary/aromatic N) is 2. The van der Waals surface area contributed by atoms with Gasteiger partial charge in [0.05, 0.1) is 10.9 Å². The number of amidine groups is 1. The molecule has 2 aromatic carbocycles. The maximum Gasteiger partial charge on any atom is 0.263 e. The Hall–Kier alpha value is -2.67. The van der Waals surface area contributed by atoms with Crippen LogP contribution in [0.4, 0.5) is 0 Å². The number of hydrogen-bond acceptors (Lipinski definition) is 4. The van der Waals surface area contributed by atoms with E-state index in [0.717, 1.165) is 18.4 Å². The molecular weight excluding hydrogens is 362 g/mol. The average Bonchev–Trinajstić information content (AvgIpc) is 3.24. The third-order valence-corrected chi connectivity index (χ3v) is 6.47. The molecule has 4 rings (SSSR count). The molecule has 1 saturated heterocycles. The standard InChI is InChI=1S/C20H21N3O3S/c1-14-8-10-15(11-9-14)17-6-4-12-23(17)19(24)13-21-20-16-5-2-3-7-18(16)27(25,26)22-20/h2-3,5,7-11,17H,4,6,12-13H2,1H3,(H,21,22)/t17-/m1/s1. The van der Waals surface area contributed by atoms with Crippen LogP contribution in [0.15, 0.2) is 58.4 Å². The number of amides is 1. The van der Waals surface area contributed by atoms with E-state index in [-0.39, 0.29) is 29.2 Å². The lowest BCUT2D eigenvalue weighted by molar-refractivity contribution is -0.130. The number of carbonyl (C=O) groups is 1. The molecule has 2 aliphatic heterocycles. The molecule has 0 aromatic heterocycles. The quantitative estimate of drug-likeness (QED) is 0.884. The van der Waals surface area contributed by atoms with Crippen molar-refractivity contribution in [1.29, 1.82) is 0 Å². The van der Waals surface area contributed by atoms with Crippen LogP contribution in [0.1, 0.15) is 35.6 Å². The van der Waals surface area contributed by atoms with Gasteiger partial charge in [-0.3, -0.25) is 14.5 Å². The van der Waals surface area contributed by atoms with Crippen LogP contribution in [-0.2, 0) is 14.8 Å². The van der Waals surface area contributed by atoms with Crippen LogP contribution >= 0.6 is 0 Å². The average molecular weight is 383 g/mol. The van der Waals surface area contributed by atoms with Crippen molar-refractivity contribution < 1.29 is 13.2 Å². The zero-order valence-corrected chi connectivity index (χ0v) is 15.9. The first-order valence-corrected chi connectivity index (χ1v) is 10.5. The summed E-state index contributed by atoms with van der Waals surface area (Å²) in [6.45, 7) is 2.66. The van der Waals surface area contributed by atoms with E-state index in [0.29, 0.717) is 12.1 Å². The SMILES string of the molecule is Cc1ccc([C@H]2CCCN2C(=O)CN=C2NS(=O)(=O)c3ccccc32)cc1. The Bertz CT molecular complexity index is 1010. The zero-order chi connectivity index (χ0) is 19.0. The largest absolute Gasteiger partial charge is 0.334 e. The van der Waals surface area contributed by atoms with Gasteiger partial charge in [0, 0.05) is 12.1 Å². The van der Waals surface area contributed by atoms with Crippen LogP contribution in [0, 0.1) is 6.92 Å². The van der Waals surface area contributed by atoms with Crippen molar-refractivity contribution in [3.8, 4) is 0 Å². The highest BCUT2D eigenvalue weighted by molar-refractivity contribution is 7.90. The first-order valence-electron chi connectivity index (χ1n) is 8.98. The van der Waals surface area contributed by atoms with E-state index < -0.39 is 10.0 Å². The van der Waals surface area contributed by atoms with Gasteiger partial charge in [-0.05, 0) is 37.5 Å². The van der Waals surface area contributed by atoms with Crippen LogP contribution in [-0.4, -0.2) is 38.2 Å². The smallest absolute Gasteiger partial charge is 0.263 e. The van der Waals surface area contributed by atoms with Gasteiger partial charge in [-0.1, -0.05) is 42.0 Å². The Kier molecular flexibility index (Phi) is 4.47. The Morgan fingerprint density at radius 1 is 1.19 bits per heavy atom. The summed E-state index contributed by atoms with van der Waals surface area (Å²) in [7, 11) is -3.59. The number of aryl methyl sites for hydroxylation is 1. The van der Waals surface area contributed by atoms with Crippen molar-refractivity contribution in [2.45, 2.75) is 30.7 Å². The van der Waals surface area contributed by atoms with E-state index in [2.05, 4.69) is 34.0 Å². The molecule has 140 valence electrons. The zero-order valence-electron chi connectivity index (χ0n) is 15.1. The van der Waals surface area contributed by atoms with E-state index in [4.69, 9.17) is 0 Å². The van der Waals surface area contributed by atoms with Gasteiger partial charge in [-0.25, -0.2) is 8.42 Å². The fourth-order valence-corrected chi connectivity index (χ4v) is 4.94. The van der Waals surface area contributed by atoms with Gasteiger partial charge in [-0.2, -0.15) is 0 Å². The van der Waals surface area contributed by atoms with E-state index in [1.54, 1.807) is 18.2 Å². The van der Waals surface area contributed by atoms with Crippen LogP contribution in [0.25, 0.3) is 0 Å². The number of nitrogens with one attached hydrogen (secondary N) is 1. The Balaban J connectivity index is 1.53. The van der Waals surface area contributed by atoms with Gasteiger partial charge < -0.3 is 4.90 Å². The number of sulfonamides is 1. The molecule has 27 heavy (non-hydrogen) atoms. The van der Waals surface area contributed by atoms with E-state index in [1.807, 2.05) is 11.8 Å². The van der Waals surface area contributed by atoms with Crippen LogP contribution in [0.2, 0.25) is 0 Å². The van der Waals surface area contributed by atoms with E-state index >= 15 is 0 Å². The number of benzene rings is 2. The van der Waals surface area contributed by atoms with Gasteiger partial charge in [0.1, 0.15) is 12.4 Å². The summed E-state index contributed by atoms with van der Waals surface area (Å²) in [5, 5.41) is 0. The number of hydrogen-bond donors (Lipinski definition) is 1. The summed E-state index contributed by atoms with van der Waals surface area (Å²) >= 11 is 0. The first-order chi connectivity index (χ1) is 13.0. The lowest BCUT2D eigenvalue weighted by atomic mass is 10.0. The van der Waals surface area contributed by atoms with Gasteiger partial charge in [-0.15, -0.1) is 0 Å². The van der Waals surface area contributed by atoms with Crippen molar-refractivity contribution in [1.82, 2.24) is 9.62 Å². The number of fused-ring (bicyclic) bond motifs is 1. The van der Waals surface area contributed by atoms with Gasteiger partial charge >= 0.3 is 0 Å². The second kappa shape index (κ2) is 6.81. The van der Waals surface area contributed by atoms with Crippen LogP contribution in [0.5, 0.6) is 0 Å². The summed E-state index contributed by atoms with van der Waals surface area (Å²) in [6.07, 6.45) is 1.89. The van der Waals surface area contributed by atoms with Gasteiger partial charge in [0.2, 0.25) is 5.91 Å². The predicted molar refractivity (Wildman–Crippen MR) is 103 cm³/mol. The number of likely N-dealkylation sites (tertiary alicyclic amines) is 1. The monoisotopic (exact) mass is 383 g/mol. The highest BCUT2D eigenvalue weighted by Gasteiger charge is 2.32. The van der Waals surface area contributed by atoms with Crippen molar-refractivity contribution in [2.24, 2.45) is 4.99 Å². The number of carbonyl (C=O) groups excluding carboxylic acids is 1. The highest BCUT2D eigenvalue weighted by atomic mass is 32.2. The van der Waals surface area contributed by atoms with Crippen molar-refractivity contribution in [2.75, 3.05) is 13.1 Å². The molecule has 1 amide bonds. The Morgan fingerprint density at radius 2 is 1.93 bits per heavy atom.